The number of carbonyl (C=O) groups is 5. The number of aliphatic carboxylic acids is 2. The highest BCUT2D eigenvalue weighted by molar-refractivity contribution is 7.98. The Balaban J connectivity index is 2.25. The first kappa shape index (κ1) is 33.1. The summed E-state index contributed by atoms with van der Waals surface area (Å²) in [5, 5.41) is 35.9. The molecule has 2 rings (SSSR count). The number of amides is 3. The van der Waals surface area contributed by atoms with Crippen LogP contribution in [0.25, 0.3) is 0 Å². The monoisotopic (exact) mass is 588 g/mol. The van der Waals surface area contributed by atoms with Gasteiger partial charge in [-0.2, -0.15) is 11.8 Å². The highest BCUT2D eigenvalue weighted by Gasteiger charge is 2.31. The summed E-state index contributed by atoms with van der Waals surface area (Å²) in [4.78, 5) is 62.4. The van der Waals surface area contributed by atoms with Crippen molar-refractivity contribution in [3.8, 4) is 5.75 Å². The van der Waals surface area contributed by atoms with E-state index in [0.29, 0.717) is 23.3 Å². The Morgan fingerprint density at radius 3 is 1.88 bits per heavy atom. The third kappa shape index (κ3) is 11.9. The fourth-order valence-electron chi connectivity index (χ4n) is 3.86. The molecule has 0 aliphatic carbocycles. The number of rotatable bonds is 17. The normalized spacial score (nSPS) is 13.7. The van der Waals surface area contributed by atoms with Crippen molar-refractivity contribution >= 4 is 41.4 Å². The SMILES string of the molecule is CSCCC(N)C(=O)NC(CCC(=O)O)C(=O)NC(Cc1ccccc1)C(=O)NC(Cc1ccc(O)cc1)C(=O)O. The lowest BCUT2D eigenvalue weighted by atomic mass is 10.0. The molecule has 0 spiro atoms. The van der Waals surface area contributed by atoms with Gasteiger partial charge < -0.3 is 37.0 Å². The lowest BCUT2D eigenvalue weighted by molar-refractivity contribution is -0.142. The third-order valence-corrected chi connectivity index (χ3v) is 6.80. The molecule has 41 heavy (non-hydrogen) atoms. The summed E-state index contributed by atoms with van der Waals surface area (Å²) < 4.78 is 0. The fourth-order valence-corrected chi connectivity index (χ4v) is 4.35. The predicted molar refractivity (Wildman–Crippen MR) is 153 cm³/mol. The maximum Gasteiger partial charge on any atom is 0.326 e. The molecule has 4 unspecified atom stereocenters. The molecule has 8 N–H and O–H groups in total. The summed E-state index contributed by atoms with van der Waals surface area (Å²) in [5.41, 5.74) is 7.13. The molecule has 0 bridgehead atoms. The van der Waals surface area contributed by atoms with E-state index in [1.807, 2.05) is 6.26 Å². The molecule has 0 aliphatic rings. The highest BCUT2D eigenvalue weighted by Crippen LogP contribution is 2.12. The van der Waals surface area contributed by atoms with E-state index >= 15 is 0 Å². The maximum atomic E-state index is 13.3. The lowest BCUT2D eigenvalue weighted by Gasteiger charge is -2.25. The second-order valence-corrected chi connectivity index (χ2v) is 10.4. The smallest absolute Gasteiger partial charge is 0.326 e. The third-order valence-electron chi connectivity index (χ3n) is 6.16. The molecule has 0 aliphatic heterocycles. The molecule has 0 radical (unpaired) electrons. The zero-order valence-corrected chi connectivity index (χ0v) is 23.4. The van der Waals surface area contributed by atoms with Crippen LogP contribution in [0.2, 0.25) is 0 Å². The van der Waals surface area contributed by atoms with Crippen LogP contribution in [-0.4, -0.2) is 81.2 Å². The topological polar surface area (TPSA) is 208 Å². The lowest BCUT2D eigenvalue weighted by Crippen LogP contribution is -2.58. The summed E-state index contributed by atoms with van der Waals surface area (Å²) in [6, 6.07) is 9.75. The average molecular weight is 589 g/mol. The Hall–Kier alpha value is -4.10. The van der Waals surface area contributed by atoms with Gasteiger partial charge in [-0.05, 0) is 48.1 Å². The highest BCUT2D eigenvalue weighted by atomic mass is 32.2. The predicted octanol–water partition coefficient (Wildman–Crippen LogP) is 0.662. The van der Waals surface area contributed by atoms with Crippen LogP contribution in [0.4, 0.5) is 0 Å². The molecule has 0 fully saturated rings. The van der Waals surface area contributed by atoms with Crippen molar-refractivity contribution in [2.24, 2.45) is 5.73 Å². The van der Waals surface area contributed by atoms with Gasteiger partial charge in [0.1, 0.15) is 23.9 Å². The van der Waals surface area contributed by atoms with E-state index in [-0.39, 0.29) is 25.0 Å². The minimum absolute atomic E-state index is 0.00318. The minimum Gasteiger partial charge on any atom is -0.508 e. The van der Waals surface area contributed by atoms with Crippen molar-refractivity contribution in [1.29, 1.82) is 0 Å². The van der Waals surface area contributed by atoms with E-state index in [4.69, 9.17) is 10.8 Å². The van der Waals surface area contributed by atoms with Crippen molar-refractivity contribution in [3.05, 3.63) is 65.7 Å². The molecule has 0 saturated carbocycles. The van der Waals surface area contributed by atoms with Gasteiger partial charge in [-0.3, -0.25) is 19.2 Å². The van der Waals surface area contributed by atoms with E-state index in [1.54, 1.807) is 30.3 Å². The van der Waals surface area contributed by atoms with E-state index in [1.165, 1.54) is 36.0 Å². The van der Waals surface area contributed by atoms with Crippen LogP contribution in [0.1, 0.15) is 30.4 Å². The second-order valence-electron chi connectivity index (χ2n) is 9.40. The number of phenolic OH excluding ortho intramolecular Hbond substituents is 1. The molecule has 4 atom stereocenters. The number of thioether (sulfide) groups is 1. The van der Waals surface area contributed by atoms with Gasteiger partial charge in [-0.25, -0.2) is 4.79 Å². The zero-order chi connectivity index (χ0) is 30.4. The summed E-state index contributed by atoms with van der Waals surface area (Å²) in [7, 11) is 0. The second kappa shape index (κ2) is 16.9. The van der Waals surface area contributed by atoms with Crippen LogP contribution in [0.15, 0.2) is 54.6 Å². The Kier molecular flexibility index (Phi) is 13.6. The Morgan fingerprint density at radius 1 is 0.756 bits per heavy atom. The van der Waals surface area contributed by atoms with Crippen molar-refractivity contribution in [2.75, 3.05) is 12.0 Å². The Morgan fingerprint density at radius 2 is 1.29 bits per heavy atom. The van der Waals surface area contributed by atoms with Crippen LogP contribution < -0.4 is 21.7 Å². The molecule has 0 saturated heterocycles. The van der Waals surface area contributed by atoms with Crippen LogP contribution in [0.3, 0.4) is 0 Å². The summed E-state index contributed by atoms with van der Waals surface area (Å²) >= 11 is 1.49. The first-order valence-corrected chi connectivity index (χ1v) is 14.3. The van der Waals surface area contributed by atoms with Gasteiger partial charge in [-0.15, -0.1) is 0 Å². The largest absolute Gasteiger partial charge is 0.508 e. The molecular formula is C28H36N4O8S. The number of hydrogen-bond donors (Lipinski definition) is 7. The van der Waals surface area contributed by atoms with E-state index < -0.39 is 60.2 Å². The van der Waals surface area contributed by atoms with Gasteiger partial charge in [0, 0.05) is 19.3 Å². The summed E-state index contributed by atoms with van der Waals surface area (Å²) in [5.74, 6) is -4.10. The number of carboxylic acid groups (broad SMARTS) is 2. The number of carboxylic acids is 2. The van der Waals surface area contributed by atoms with Crippen molar-refractivity contribution in [1.82, 2.24) is 16.0 Å². The Labute approximate surface area is 242 Å². The van der Waals surface area contributed by atoms with Crippen LogP contribution >= 0.6 is 11.8 Å². The number of carbonyl (C=O) groups excluding carboxylic acids is 3. The van der Waals surface area contributed by atoms with Gasteiger partial charge >= 0.3 is 11.9 Å². The number of hydrogen-bond acceptors (Lipinski definition) is 8. The molecule has 3 amide bonds. The molecule has 2 aromatic rings. The van der Waals surface area contributed by atoms with Gasteiger partial charge in [0.05, 0.1) is 6.04 Å². The summed E-state index contributed by atoms with van der Waals surface area (Å²) in [6.07, 6.45) is 1.43. The molecule has 12 nitrogen and oxygen atoms in total. The number of aromatic hydroxyl groups is 1. The molecule has 0 heterocycles. The van der Waals surface area contributed by atoms with E-state index in [2.05, 4.69) is 16.0 Å². The van der Waals surface area contributed by atoms with Gasteiger partial charge in [0.2, 0.25) is 17.7 Å². The van der Waals surface area contributed by atoms with Crippen LogP contribution in [0, 0.1) is 0 Å². The van der Waals surface area contributed by atoms with Gasteiger partial charge in [0.15, 0.2) is 0 Å². The van der Waals surface area contributed by atoms with E-state index in [9.17, 15) is 34.2 Å². The number of nitrogens with two attached hydrogens (primary N) is 1. The average Bonchev–Trinajstić information content (AvgIpc) is 2.94. The number of phenols is 1. The first-order valence-electron chi connectivity index (χ1n) is 12.9. The quantitative estimate of drug-likeness (QED) is 0.137. The van der Waals surface area contributed by atoms with Crippen molar-refractivity contribution in [3.63, 3.8) is 0 Å². The molecule has 0 aromatic heterocycles. The van der Waals surface area contributed by atoms with Crippen molar-refractivity contribution < 1.29 is 39.3 Å². The molecule has 13 heteroatoms. The standard InChI is InChI=1S/C28H36N4O8S/c1-41-14-13-20(29)25(36)30-21(11-12-24(34)35)26(37)31-22(15-17-5-3-2-4-6-17)27(38)32-23(28(39)40)16-18-7-9-19(33)10-8-18/h2-10,20-23,33H,11-16,29H2,1H3,(H,30,36)(H,31,37)(H,32,38)(H,34,35)(H,39,40). The number of nitrogens with one attached hydrogen (secondary N) is 3. The Bertz CT molecular complexity index is 1180. The van der Waals surface area contributed by atoms with Gasteiger partial charge in [-0.1, -0.05) is 42.5 Å². The van der Waals surface area contributed by atoms with Gasteiger partial charge in [0.25, 0.3) is 0 Å². The first-order chi connectivity index (χ1) is 19.5. The molecular weight excluding hydrogens is 552 g/mol. The molecule has 2 aromatic carbocycles. The zero-order valence-electron chi connectivity index (χ0n) is 22.6. The fraction of sp³-hybridized carbons (Fsp3) is 0.393. The van der Waals surface area contributed by atoms with Crippen molar-refractivity contribution in [2.45, 2.75) is 56.3 Å². The van der Waals surface area contributed by atoms with Crippen LogP contribution in [-0.2, 0) is 36.8 Å². The number of benzene rings is 2. The minimum atomic E-state index is -1.35. The maximum absolute atomic E-state index is 13.3. The molecule has 222 valence electrons. The van der Waals surface area contributed by atoms with E-state index in [0.717, 1.165) is 0 Å². The summed E-state index contributed by atoms with van der Waals surface area (Å²) in [6.45, 7) is 0. The van der Waals surface area contributed by atoms with Crippen LogP contribution in [0.5, 0.6) is 5.75 Å².